The Morgan fingerprint density at radius 2 is 1.90 bits per heavy atom. The third kappa shape index (κ3) is 3.06. The average molecular weight is 268 g/mol. The van der Waals surface area contributed by atoms with Crippen LogP contribution in [0.2, 0.25) is 0 Å². The van der Waals surface area contributed by atoms with E-state index in [9.17, 15) is 5.11 Å². The van der Waals surface area contributed by atoms with E-state index >= 15 is 0 Å². The largest absolute Gasteiger partial charge is 0.387 e. The van der Waals surface area contributed by atoms with Crippen molar-refractivity contribution in [3.05, 3.63) is 65.5 Å². The molecule has 2 heterocycles. The predicted molar refractivity (Wildman–Crippen MR) is 79.2 cm³/mol. The van der Waals surface area contributed by atoms with Crippen LogP contribution in [0.15, 0.2) is 48.7 Å². The maximum Gasteiger partial charge on any atom is 0.0971 e. The lowest BCUT2D eigenvalue weighted by atomic mass is 9.99. The number of rotatable bonds is 4. The van der Waals surface area contributed by atoms with Crippen LogP contribution in [0, 0.1) is 0 Å². The Hall–Kier alpha value is -1.71. The predicted octanol–water partition coefficient (Wildman–Crippen LogP) is 2.56. The van der Waals surface area contributed by atoms with Gasteiger partial charge in [0.1, 0.15) is 0 Å². The van der Waals surface area contributed by atoms with E-state index in [0.717, 1.165) is 38.2 Å². The maximum absolute atomic E-state index is 10.2. The Morgan fingerprint density at radius 3 is 2.70 bits per heavy atom. The van der Waals surface area contributed by atoms with Crippen LogP contribution in [0.3, 0.4) is 0 Å². The van der Waals surface area contributed by atoms with Gasteiger partial charge >= 0.3 is 0 Å². The van der Waals surface area contributed by atoms with Gasteiger partial charge in [-0.1, -0.05) is 30.3 Å². The molecule has 1 aromatic carbocycles. The zero-order valence-corrected chi connectivity index (χ0v) is 11.6. The molecular formula is C17H20N2O. The van der Waals surface area contributed by atoms with Gasteiger partial charge in [0.25, 0.3) is 0 Å². The van der Waals surface area contributed by atoms with Crippen molar-refractivity contribution in [3.63, 3.8) is 0 Å². The number of aromatic nitrogens is 1. The molecule has 0 amide bonds. The first-order chi connectivity index (χ1) is 9.83. The number of benzene rings is 1. The molecule has 0 fully saturated rings. The van der Waals surface area contributed by atoms with Crippen LogP contribution in [-0.2, 0) is 13.0 Å². The molecule has 0 aliphatic carbocycles. The van der Waals surface area contributed by atoms with Gasteiger partial charge in [0.05, 0.1) is 11.8 Å². The number of hydrogen-bond donors (Lipinski definition) is 1. The molecule has 1 atom stereocenters. The van der Waals surface area contributed by atoms with E-state index in [4.69, 9.17) is 0 Å². The van der Waals surface area contributed by atoms with Crippen LogP contribution in [-0.4, -0.2) is 28.1 Å². The molecule has 104 valence electrons. The highest BCUT2D eigenvalue weighted by atomic mass is 16.3. The lowest BCUT2D eigenvalue weighted by Crippen LogP contribution is -2.32. The fourth-order valence-electron chi connectivity index (χ4n) is 2.77. The second kappa shape index (κ2) is 6.16. The number of nitrogens with zero attached hydrogens (tertiary/aromatic N) is 2. The Kier molecular flexibility index (Phi) is 4.09. The standard InChI is InChI=1S/C17H20N2O/c20-17(16-7-3-4-10-18-16)9-12-19-11-8-14-5-1-2-6-15(14)13-19/h1-7,10,17,20H,8-9,11-13H2/t17-/m0/s1. The monoisotopic (exact) mass is 268 g/mol. The van der Waals surface area contributed by atoms with Gasteiger partial charge in [-0.05, 0) is 36.1 Å². The summed E-state index contributed by atoms with van der Waals surface area (Å²) in [5, 5.41) is 10.2. The molecule has 3 nitrogen and oxygen atoms in total. The molecule has 3 heteroatoms. The molecule has 0 saturated carbocycles. The van der Waals surface area contributed by atoms with Gasteiger partial charge in [0.2, 0.25) is 0 Å². The van der Waals surface area contributed by atoms with Crippen molar-refractivity contribution in [3.8, 4) is 0 Å². The summed E-state index contributed by atoms with van der Waals surface area (Å²) >= 11 is 0. The Labute approximate surface area is 119 Å². The molecule has 0 saturated heterocycles. The van der Waals surface area contributed by atoms with Gasteiger partial charge in [0, 0.05) is 25.8 Å². The summed E-state index contributed by atoms with van der Waals surface area (Å²) < 4.78 is 0. The minimum atomic E-state index is -0.464. The van der Waals surface area contributed by atoms with Gasteiger partial charge in [0.15, 0.2) is 0 Å². The molecule has 0 radical (unpaired) electrons. The zero-order chi connectivity index (χ0) is 13.8. The van der Waals surface area contributed by atoms with Gasteiger partial charge in [-0.2, -0.15) is 0 Å². The van der Waals surface area contributed by atoms with Crippen LogP contribution in [0.4, 0.5) is 0 Å². The van der Waals surface area contributed by atoms with Crippen molar-refractivity contribution in [1.29, 1.82) is 0 Å². The Morgan fingerprint density at radius 1 is 1.10 bits per heavy atom. The quantitative estimate of drug-likeness (QED) is 0.926. The lowest BCUT2D eigenvalue weighted by molar-refractivity contribution is 0.134. The SMILES string of the molecule is O[C@@H](CCN1CCc2ccccc2C1)c1ccccn1. The molecule has 1 aliphatic heterocycles. The summed E-state index contributed by atoms with van der Waals surface area (Å²) in [6.45, 7) is 2.98. The number of fused-ring (bicyclic) bond motifs is 1. The van der Waals surface area contributed by atoms with Crippen molar-refractivity contribution >= 4 is 0 Å². The first-order valence-corrected chi connectivity index (χ1v) is 7.21. The number of aliphatic hydroxyl groups is 1. The Balaban J connectivity index is 1.55. The van der Waals surface area contributed by atoms with Crippen LogP contribution >= 0.6 is 0 Å². The van der Waals surface area contributed by atoms with E-state index in [2.05, 4.69) is 34.1 Å². The summed E-state index contributed by atoms with van der Waals surface area (Å²) in [5.74, 6) is 0. The van der Waals surface area contributed by atoms with Crippen molar-refractivity contribution in [2.45, 2.75) is 25.5 Å². The van der Waals surface area contributed by atoms with E-state index in [-0.39, 0.29) is 0 Å². The van der Waals surface area contributed by atoms with Crippen LogP contribution in [0.25, 0.3) is 0 Å². The van der Waals surface area contributed by atoms with Crippen molar-refractivity contribution in [1.82, 2.24) is 9.88 Å². The van der Waals surface area contributed by atoms with E-state index < -0.39 is 6.10 Å². The summed E-state index contributed by atoms with van der Waals surface area (Å²) in [4.78, 5) is 6.62. The summed E-state index contributed by atoms with van der Waals surface area (Å²) in [5.41, 5.74) is 3.66. The molecule has 0 unspecified atom stereocenters. The lowest BCUT2D eigenvalue weighted by Gasteiger charge is -2.29. The molecule has 1 N–H and O–H groups in total. The molecule has 3 rings (SSSR count). The first kappa shape index (κ1) is 13.3. The maximum atomic E-state index is 10.2. The summed E-state index contributed by atoms with van der Waals surface area (Å²) in [7, 11) is 0. The summed E-state index contributed by atoms with van der Waals surface area (Å²) in [6, 6.07) is 14.3. The van der Waals surface area contributed by atoms with E-state index in [1.807, 2.05) is 18.2 Å². The normalized spacial score (nSPS) is 16.6. The number of pyridine rings is 1. The van der Waals surface area contributed by atoms with Crippen LogP contribution in [0.1, 0.15) is 29.3 Å². The fourth-order valence-corrected chi connectivity index (χ4v) is 2.77. The molecule has 0 bridgehead atoms. The highest BCUT2D eigenvalue weighted by Crippen LogP contribution is 2.20. The first-order valence-electron chi connectivity index (χ1n) is 7.21. The second-order valence-corrected chi connectivity index (χ2v) is 5.35. The molecule has 1 aliphatic rings. The number of aliphatic hydroxyl groups excluding tert-OH is 1. The molecular weight excluding hydrogens is 248 g/mol. The van der Waals surface area contributed by atoms with E-state index in [1.54, 1.807) is 6.20 Å². The van der Waals surface area contributed by atoms with Gasteiger partial charge < -0.3 is 5.11 Å². The fraction of sp³-hybridized carbons (Fsp3) is 0.353. The van der Waals surface area contributed by atoms with Crippen LogP contribution in [0.5, 0.6) is 0 Å². The summed E-state index contributed by atoms with van der Waals surface area (Å²) in [6.07, 6.45) is 3.11. The third-order valence-corrected chi connectivity index (χ3v) is 3.96. The molecule has 20 heavy (non-hydrogen) atoms. The average Bonchev–Trinajstić information content (AvgIpc) is 2.53. The topological polar surface area (TPSA) is 36.4 Å². The van der Waals surface area contributed by atoms with Gasteiger partial charge in [-0.15, -0.1) is 0 Å². The highest BCUT2D eigenvalue weighted by molar-refractivity contribution is 5.29. The minimum Gasteiger partial charge on any atom is -0.387 e. The van der Waals surface area contributed by atoms with Gasteiger partial charge in [-0.3, -0.25) is 9.88 Å². The van der Waals surface area contributed by atoms with E-state index in [1.165, 1.54) is 11.1 Å². The smallest absolute Gasteiger partial charge is 0.0971 e. The van der Waals surface area contributed by atoms with Crippen molar-refractivity contribution < 1.29 is 5.11 Å². The molecule has 1 aromatic heterocycles. The third-order valence-electron chi connectivity index (χ3n) is 3.96. The highest BCUT2D eigenvalue weighted by Gasteiger charge is 2.17. The second-order valence-electron chi connectivity index (χ2n) is 5.35. The van der Waals surface area contributed by atoms with Gasteiger partial charge in [-0.25, -0.2) is 0 Å². The minimum absolute atomic E-state index is 0.464. The number of hydrogen-bond acceptors (Lipinski definition) is 3. The van der Waals surface area contributed by atoms with Crippen molar-refractivity contribution in [2.24, 2.45) is 0 Å². The van der Waals surface area contributed by atoms with E-state index in [0.29, 0.717) is 0 Å². The zero-order valence-electron chi connectivity index (χ0n) is 11.6. The Bertz CT molecular complexity index is 556. The molecule has 0 spiro atoms. The van der Waals surface area contributed by atoms with Crippen LogP contribution < -0.4 is 0 Å². The van der Waals surface area contributed by atoms with Crippen molar-refractivity contribution in [2.75, 3.05) is 13.1 Å². The molecule has 2 aromatic rings.